The molecule has 0 aliphatic carbocycles. The maximum Gasteiger partial charge on any atom is 0.335 e. The van der Waals surface area contributed by atoms with E-state index in [2.05, 4.69) is 5.32 Å². The second-order valence-corrected chi connectivity index (χ2v) is 7.23. The van der Waals surface area contributed by atoms with E-state index in [0.29, 0.717) is 18.7 Å². The number of nitrogens with one attached hydrogen (secondary N) is 1. The van der Waals surface area contributed by atoms with Gasteiger partial charge < -0.3 is 20.1 Å². The third-order valence-electron chi connectivity index (χ3n) is 4.73. The smallest absolute Gasteiger partial charge is 0.335 e. The quantitative estimate of drug-likeness (QED) is 0.810. The summed E-state index contributed by atoms with van der Waals surface area (Å²) in [5.41, 5.74) is 1.78. The van der Waals surface area contributed by atoms with Crippen LogP contribution in [-0.2, 0) is 11.3 Å². The van der Waals surface area contributed by atoms with Gasteiger partial charge in [0.15, 0.2) is 0 Å². The van der Waals surface area contributed by atoms with Gasteiger partial charge in [-0.15, -0.1) is 0 Å². The van der Waals surface area contributed by atoms with Crippen LogP contribution in [0.3, 0.4) is 0 Å². The van der Waals surface area contributed by atoms with Gasteiger partial charge in [0.2, 0.25) is 0 Å². The maximum absolute atomic E-state index is 12.7. The monoisotopic (exact) mass is 396 g/mol. The fourth-order valence-corrected chi connectivity index (χ4v) is 3.37. The zero-order valence-electron chi connectivity index (χ0n) is 16.4. The molecule has 0 spiro atoms. The molecule has 0 bridgehead atoms. The SMILES string of the molecule is CC1CN(C(=O)c2ccc(CNC(=O)c3cccc(C(=O)O)c3)cc2)CC(C)O1. The summed E-state index contributed by atoms with van der Waals surface area (Å²) in [6.07, 6.45) is 0.0219. The molecule has 1 heterocycles. The Morgan fingerprint density at radius 1 is 1.00 bits per heavy atom. The van der Waals surface area contributed by atoms with E-state index in [1.165, 1.54) is 18.2 Å². The van der Waals surface area contributed by atoms with Gasteiger partial charge in [0.1, 0.15) is 0 Å². The van der Waals surface area contributed by atoms with E-state index >= 15 is 0 Å². The maximum atomic E-state index is 12.7. The fraction of sp³-hybridized carbons (Fsp3) is 0.318. The Balaban J connectivity index is 1.59. The summed E-state index contributed by atoms with van der Waals surface area (Å²) in [6, 6.07) is 13.0. The van der Waals surface area contributed by atoms with Crippen molar-refractivity contribution >= 4 is 17.8 Å². The second-order valence-electron chi connectivity index (χ2n) is 7.23. The van der Waals surface area contributed by atoms with Gasteiger partial charge in [-0.05, 0) is 49.7 Å². The number of carboxylic acid groups (broad SMARTS) is 1. The number of morpholine rings is 1. The topological polar surface area (TPSA) is 95.9 Å². The molecule has 152 valence electrons. The first kappa shape index (κ1) is 20.5. The van der Waals surface area contributed by atoms with Crippen molar-refractivity contribution in [2.75, 3.05) is 13.1 Å². The van der Waals surface area contributed by atoms with Gasteiger partial charge in [-0.2, -0.15) is 0 Å². The van der Waals surface area contributed by atoms with E-state index in [4.69, 9.17) is 9.84 Å². The highest BCUT2D eigenvalue weighted by atomic mass is 16.5. The predicted molar refractivity (Wildman–Crippen MR) is 107 cm³/mol. The van der Waals surface area contributed by atoms with Crippen molar-refractivity contribution in [1.82, 2.24) is 10.2 Å². The minimum Gasteiger partial charge on any atom is -0.478 e. The van der Waals surface area contributed by atoms with Crippen LogP contribution in [0.25, 0.3) is 0 Å². The van der Waals surface area contributed by atoms with Crippen molar-refractivity contribution in [3.8, 4) is 0 Å². The third-order valence-corrected chi connectivity index (χ3v) is 4.73. The van der Waals surface area contributed by atoms with Crippen LogP contribution in [0.5, 0.6) is 0 Å². The second kappa shape index (κ2) is 8.87. The Kier molecular flexibility index (Phi) is 6.29. The molecule has 1 aliphatic heterocycles. The van der Waals surface area contributed by atoms with E-state index < -0.39 is 5.97 Å². The molecule has 2 aromatic carbocycles. The van der Waals surface area contributed by atoms with Crippen molar-refractivity contribution in [3.63, 3.8) is 0 Å². The summed E-state index contributed by atoms with van der Waals surface area (Å²) < 4.78 is 5.67. The number of nitrogens with zero attached hydrogens (tertiary/aromatic N) is 1. The molecular formula is C22H24N2O5. The third kappa shape index (κ3) is 5.20. The molecule has 0 saturated carbocycles. The van der Waals surface area contributed by atoms with E-state index in [1.807, 2.05) is 13.8 Å². The van der Waals surface area contributed by atoms with Gasteiger partial charge in [0, 0.05) is 30.8 Å². The van der Waals surface area contributed by atoms with Crippen LogP contribution in [0.4, 0.5) is 0 Å². The summed E-state index contributed by atoms with van der Waals surface area (Å²) in [5.74, 6) is -1.47. The average Bonchev–Trinajstić information content (AvgIpc) is 2.71. The minimum absolute atomic E-state index is 0.0109. The average molecular weight is 396 g/mol. The van der Waals surface area contributed by atoms with E-state index in [0.717, 1.165) is 5.56 Å². The highest BCUT2D eigenvalue weighted by Crippen LogP contribution is 2.15. The van der Waals surface area contributed by atoms with Crippen LogP contribution in [0.2, 0.25) is 0 Å². The molecule has 0 aromatic heterocycles. The molecule has 0 radical (unpaired) electrons. The van der Waals surface area contributed by atoms with Crippen LogP contribution >= 0.6 is 0 Å². The number of rotatable bonds is 5. The first-order chi connectivity index (χ1) is 13.8. The lowest BCUT2D eigenvalue weighted by atomic mass is 10.1. The molecular weight excluding hydrogens is 372 g/mol. The number of carbonyl (C=O) groups excluding carboxylic acids is 2. The summed E-state index contributed by atoms with van der Waals surface area (Å²) in [6.45, 7) is 5.31. The highest BCUT2D eigenvalue weighted by molar-refractivity contribution is 5.97. The molecule has 2 N–H and O–H groups in total. The van der Waals surface area contributed by atoms with Crippen LogP contribution in [0, 0.1) is 0 Å². The van der Waals surface area contributed by atoms with Crippen LogP contribution in [0.1, 0.15) is 50.5 Å². The molecule has 2 unspecified atom stereocenters. The van der Waals surface area contributed by atoms with Crippen LogP contribution < -0.4 is 5.32 Å². The normalized spacial score (nSPS) is 18.9. The number of carbonyl (C=O) groups is 3. The lowest BCUT2D eigenvalue weighted by molar-refractivity contribution is -0.0586. The van der Waals surface area contributed by atoms with Crippen molar-refractivity contribution in [1.29, 1.82) is 0 Å². The first-order valence-corrected chi connectivity index (χ1v) is 9.48. The Morgan fingerprint density at radius 3 is 2.24 bits per heavy atom. The standard InChI is InChI=1S/C22H24N2O5/c1-14-12-24(13-15(2)29-14)21(26)17-8-6-16(7-9-17)11-23-20(25)18-4-3-5-19(10-18)22(27)28/h3-10,14-15H,11-13H2,1-2H3,(H,23,25)(H,27,28). The lowest BCUT2D eigenvalue weighted by Gasteiger charge is -2.35. The summed E-state index contributed by atoms with van der Waals surface area (Å²) in [7, 11) is 0. The molecule has 2 amide bonds. The Labute approximate surface area is 169 Å². The van der Waals surface area contributed by atoms with Crippen molar-refractivity contribution in [3.05, 3.63) is 70.8 Å². The lowest BCUT2D eigenvalue weighted by Crippen LogP contribution is -2.48. The number of hydrogen-bond acceptors (Lipinski definition) is 4. The largest absolute Gasteiger partial charge is 0.478 e. The zero-order chi connectivity index (χ0) is 21.0. The molecule has 1 aliphatic rings. The molecule has 7 heteroatoms. The van der Waals surface area contributed by atoms with E-state index in [1.54, 1.807) is 35.2 Å². The molecule has 2 atom stereocenters. The van der Waals surface area contributed by atoms with Gasteiger partial charge >= 0.3 is 5.97 Å². The Bertz CT molecular complexity index is 900. The van der Waals surface area contributed by atoms with Crippen LogP contribution in [-0.4, -0.2) is 53.1 Å². The highest BCUT2D eigenvalue weighted by Gasteiger charge is 2.26. The van der Waals surface area contributed by atoms with Crippen molar-refractivity contribution < 1.29 is 24.2 Å². The number of ether oxygens (including phenoxy) is 1. The number of hydrogen-bond donors (Lipinski definition) is 2. The number of benzene rings is 2. The van der Waals surface area contributed by atoms with Gasteiger partial charge in [-0.1, -0.05) is 18.2 Å². The van der Waals surface area contributed by atoms with Gasteiger partial charge in [-0.25, -0.2) is 4.79 Å². The van der Waals surface area contributed by atoms with Gasteiger partial charge in [-0.3, -0.25) is 9.59 Å². The molecule has 2 aromatic rings. The number of carboxylic acids is 1. The first-order valence-electron chi connectivity index (χ1n) is 9.48. The summed E-state index contributed by atoms with van der Waals surface area (Å²) in [4.78, 5) is 37.8. The predicted octanol–water partition coefficient (Wildman–Crippen LogP) is 2.56. The molecule has 3 rings (SSSR count). The molecule has 1 saturated heterocycles. The van der Waals surface area contributed by atoms with Crippen molar-refractivity contribution in [2.45, 2.75) is 32.6 Å². The van der Waals surface area contributed by atoms with Crippen molar-refractivity contribution in [2.24, 2.45) is 0 Å². The number of aromatic carboxylic acids is 1. The summed E-state index contributed by atoms with van der Waals surface area (Å²) >= 11 is 0. The van der Waals surface area contributed by atoms with Crippen LogP contribution in [0.15, 0.2) is 48.5 Å². The zero-order valence-corrected chi connectivity index (χ0v) is 16.4. The minimum atomic E-state index is -1.08. The van der Waals surface area contributed by atoms with E-state index in [-0.39, 0.29) is 41.7 Å². The number of amides is 2. The Hall–Kier alpha value is -3.19. The van der Waals surface area contributed by atoms with E-state index in [9.17, 15) is 14.4 Å². The van der Waals surface area contributed by atoms with Gasteiger partial charge in [0.05, 0.1) is 17.8 Å². The Morgan fingerprint density at radius 2 is 1.62 bits per heavy atom. The molecule has 7 nitrogen and oxygen atoms in total. The van der Waals surface area contributed by atoms with Gasteiger partial charge in [0.25, 0.3) is 11.8 Å². The molecule has 1 fully saturated rings. The fourth-order valence-electron chi connectivity index (χ4n) is 3.37. The molecule has 29 heavy (non-hydrogen) atoms. The summed E-state index contributed by atoms with van der Waals surface area (Å²) in [5, 5.41) is 11.8.